The molecule has 5 nitrogen and oxygen atoms in total. The first-order valence-corrected chi connectivity index (χ1v) is 6.23. The maximum absolute atomic E-state index is 10.9. The largest absolute Gasteiger partial charge is 0.477 e. The summed E-state index contributed by atoms with van der Waals surface area (Å²) in [6.45, 7) is 5.11. The molecule has 0 saturated carbocycles. The van der Waals surface area contributed by atoms with Crippen molar-refractivity contribution in [2.75, 3.05) is 31.6 Å². The molecule has 5 heteroatoms. The van der Waals surface area contributed by atoms with Crippen LogP contribution in [0.25, 0.3) is 0 Å². The Balaban J connectivity index is 2.24. The number of rotatable bonds is 2. The summed E-state index contributed by atoms with van der Waals surface area (Å²) in [6.07, 6.45) is 1.07. The van der Waals surface area contributed by atoms with Crippen molar-refractivity contribution in [3.8, 4) is 0 Å². The van der Waals surface area contributed by atoms with Crippen LogP contribution in [0.5, 0.6) is 0 Å². The van der Waals surface area contributed by atoms with Crippen LogP contribution in [0.1, 0.15) is 23.8 Å². The van der Waals surface area contributed by atoms with E-state index in [4.69, 9.17) is 5.11 Å². The molecule has 18 heavy (non-hydrogen) atoms. The minimum absolute atomic E-state index is 0.109. The molecule has 1 N–H and O–H groups in total. The minimum Gasteiger partial charge on any atom is -0.477 e. The molecule has 2 heterocycles. The molecular formula is C13H19N3O2. The smallest absolute Gasteiger partial charge is 0.354 e. The molecule has 98 valence electrons. The number of nitrogens with zero attached hydrogens (tertiary/aromatic N) is 3. The second kappa shape index (κ2) is 5.35. The van der Waals surface area contributed by atoms with Gasteiger partial charge in [-0.15, -0.1) is 0 Å². The third-order valence-electron chi connectivity index (χ3n) is 3.29. The first-order valence-electron chi connectivity index (χ1n) is 6.23. The van der Waals surface area contributed by atoms with Gasteiger partial charge in [-0.2, -0.15) is 0 Å². The van der Waals surface area contributed by atoms with E-state index in [0.717, 1.165) is 31.9 Å². The fraction of sp³-hybridized carbons (Fsp3) is 0.538. The summed E-state index contributed by atoms with van der Waals surface area (Å²) in [4.78, 5) is 19.7. The minimum atomic E-state index is -0.976. The van der Waals surface area contributed by atoms with Crippen LogP contribution in [0.2, 0.25) is 0 Å². The van der Waals surface area contributed by atoms with E-state index >= 15 is 0 Å². The van der Waals surface area contributed by atoms with Gasteiger partial charge < -0.3 is 14.9 Å². The average Bonchev–Trinajstić information content (AvgIpc) is 2.50. The van der Waals surface area contributed by atoms with Gasteiger partial charge in [0.2, 0.25) is 0 Å². The topological polar surface area (TPSA) is 56.7 Å². The van der Waals surface area contributed by atoms with Gasteiger partial charge in [-0.1, -0.05) is 6.07 Å². The Morgan fingerprint density at radius 1 is 1.44 bits per heavy atom. The number of aromatic nitrogens is 1. The van der Waals surface area contributed by atoms with Crippen molar-refractivity contribution in [2.45, 2.75) is 19.4 Å². The Morgan fingerprint density at radius 2 is 2.22 bits per heavy atom. The molecule has 1 aromatic heterocycles. The fourth-order valence-electron chi connectivity index (χ4n) is 2.41. The van der Waals surface area contributed by atoms with Gasteiger partial charge in [0.15, 0.2) is 5.69 Å². The predicted molar refractivity (Wildman–Crippen MR) is 70.1 cm³/mol. The summed E-state index contributed by atoms with van der Waals surface area (Å²) in [5.74, 6) is -0.214. The van der Waals surface area contributed by atoms with Gasteiger partial charge in [-0.3, -0.25) is 0 Å². The van der Waals surface area contributed by atoms with E-state index < -0.39 is 5.97 Å². The number of pyridine rings is 1. The van der Waals surface area contributed by atoms with Crippen molar-refractivity contribution >= 4 is 11.8 Å². The lowest BCUT2D eigenvalue weighted by Gasteiger charge is -2.29. The van der Waals surface area contributed by atoms with E-state index in [0.29, 0.717) is 6.04 Å². The Kier molecular flexibility index (Phi) is 3.81. The Bertz CT molecular complexity index is 436. The maximum atomic E-state index is 10.9. The van der Waals surface area contributed by atoms with Crippen molar-refractivity contribution in [2.24, 2.45) is 0 Å². The highest BCUT2D eigenvalue weighted by molar-refractivity contribution is 5.85. The lowest BCUT2D eigenvalue weighted by atomic mass is 10.2. The highest BCUT2D eigenvalue weighted by Gasteiger charge is 2.21. The van der Waals surface area contributed by atoms with Crippen LogP contribution in [-0.2, 0) is 0 Å². The normalized spacial score (nSPS) is 21.7. The number of anilines is 1. The number of carboxylic acids is 1. The SMILES string of the molecule is CC1CN(C)CCCN1c1cccc(C(=O)O)n1. The van der Waals surface area contributed by atoms with Crippen molar-refractivity contribution in [3.63, 3.8) is 0 Å². The predicted octanol–water partition coefficient (Wildman–Crippen LogP) is 1.31. The second-order valence-corrected chi connectivity index (χ2v) is 4.84. The van der Waals surface area contributed by atoms with Crippen LogP contribution in [0.15, 0.2) is 18.2 Å². The second-order valence-electron chi connectivity index (χ2n) is 4.84. The van der Waals surface area contributed by atoms with Gasteiger partial charge in [0.05, 0.1) is 0 Å². The van der Waals surface area contributed by atoms with Gasteiger partial charge in [0.25, 0.3) is 0 Å². The van der Waals surface area contributed by atoms with Crippen molar-refractivity contribution in [1.82, 2.24) is 9.88 Å². The number of carboxylic acid groups (broad SMARTS) is 1. The number of aromatic carboxylic acids is 1. The molecule has 1 saturated heterocycles. The summed E-state index contributed by atoms with van der Waals surface area (Å²) in [6, 6.07) is 5.51. The monoisotopic (exact) mass is 249 g/mol. The van der Waals surface area contributed by atoms with Crippen LogP contribution in [0.3, 0.4) is 0 Å². The molecular weight excluding hydrogens is 230 g/mol. The highest BCUT2D eigenvalue weighted by Crippen LogP contribution is 2.18. The zero-order valence-electron chi connectivity index (χ0n) is 10.8. The zero-order valence-corrected chi connectivity index (χ0v) is 10.8. The van der Waals surface area contributed by atoms with E-state index in [1.807, 2.05) is 6.07 Å². The summed E-state index contributed by atoms with van der Waals surface area (Å²) >= 11 is 0. The van der Waals surface area contributed by atoms with Crippen molar-refractivity contribution in [3.05, 3.63) is 23.9 Å². The summed E-state index contributed by atoms with van der Waals surface area (Å²) in [5.41, 5.74) is 0.109. The van der Waals surface area contributed by atoms with Gasteiger partial charge in [-0.05, 0) is 39.1 Å². The standard InChI is InChI=1S/C13H19N3O2/c1-10-9-15(2)7-4-8-16(10)12-6-3-5-11(14-12)13(17)18/h3,5-6,10H,4,7-9H2,1-2H3,(H,17,18). The van der Waals surface area contributed by atoms with Crippen LogP contribution in [-0.4, -0.2) is 53.7 Å². The Hall–Kier alpha value is -1.62. The molecule has 1 aromatic rings. The molecule has 0 spiro atoms. The molecule has 0 aliphatic carbocycles. The first kappa shape index (κ1) is 12.8. The Labute approximate surface area is 107 Å². The quantitative estimate of drug-likeness (QED) is 0.856. The third-order valence-corrected chi connectivity index (χ3v) is 3.29. The van der Waals surface area contributed by atoms with Crippen LogP contribution < -0.4 is 4.90 Å². The summed E-state index contributed by atoms with van der Waals surface area (Å²) in [7, 11) is 2.11. The number of hydrogen-bond acceptors (Lipinski definition) is 4. The van der Waals surface area contributed by atoms with Gasteiger partial charge in [0, 0.05) is 19.1 Å². The molecule has 1 aliphatic heterocycles. The average molecular weight is 249 g/mol. The molecule has 1 unspecified atom stereocenters. The number of hydrogen-bond donors (Lipinski definition) is 1. The zero-order chi connectivity index (χ0) is 13.1. The maximum Gasteiger partial charge on any atom is 0.354 e. The van der Waals surface area contributed by atoms with Crippen LogP contribution in [0.4, 0.5) is 5.82 Å². The lowest BCUT2D eigenvalue weighted by Crippen LogP contribution is -2.38. The van der Waals surface area contributed by atoms with E-state index in [2.05, 4.69) is 28.8 Å². The number of carbonyl (C=O) groups is 1. The van der Waals surface area contributed by atoms with Crippen LogP contribution >= 0.6 is 0 Å². The van der Waals surface area contributed by atoms with E-state index in [9.17, 15) is 4.79 Å². The van der Waals surface area contributed by atoms with Gasteiger partial charge >= 0.3 is 5.97 Å². The molecule has 1 fully saturated rings. The van der Waals surface area contributed by atoms with Crippen LogP contribution in [0, 0.1) is 0 Å². The fourth-order valence-corrected chi connectivity index (χ4v) is 2.41. The molecule has 0 radical (unpaired) electrons. The molecule has 1 atom stereocenters. The first-order chi connectivity index (χ1) is 8.58. The van der Waals surface area contributed by atoms with Gasteiger partial charge in [-0.25, -0.2) is 9.78 Å². The molecule has 2 rings (SSSR count). The molecule has 0 bridgehead atoms. The highest BCUT2D eigenvalue weighted by atomic mass is 16.4. The van der Waals surface area contributed by atoms with Gasteiger partial charge in [0.1, 0.15) is 5.82 Å². The van der Waals surface area contributed by atoms with Crippen molar-refractivity contribution < 1.29 is 9.90 Å². The van der Waals surface area contributed by atoms with Crippen molar-refractivity contribution in [1.29, 1.82) is 0 Å². The van der Waals surface area contributed by atoms with E-state index in [1.54, 1.807) is 6.07 Å². The third kappa shape index (κ3) is 2.79. The summed E-state index contributed by atoms with van der Waals surface area (Å²) in [5, 5.41) is 8.98. The summed E-state index contributed by atoms with van der Waals surface area (Å²) < 4.78 is 0. The van der Waals surface area contributed by atoms with E-state index in [1.165, 1.54) is 6.07 Å². The van der Waals surface area contributed by atoms with E-state index in [-0.39, 0.29) is 5.69 Å². The molecule has 0 amide bonds. The lowest BCUT2D eigenvalue weighted by molar-refractivity contribution is 0.0690. The molecule has 1 aliphatic rings. The number of likely N-dealkylation sites (N-methyl/N-ethyl adjacent to an activating group) is 1. The Morgan fingerprint density at radius 3 is 2.94 bits per heavy atom. The molecule has 0 aromatic carbocycles.